The maximum absolute atomic E-state index is 12.0. The van der Waals surface area contributed by atoms with Crippen molar-refractivity contribution in [3.8, 4) is 11.3 Å². The second-order valence-corrected chi connectivity index (χ2v) is 7.14. The van der Waals surface area contributed by atoms with Crippen molar-refractivity contribution >= 4 is 22.4 Å². The molecule has 2 heterocycles. The molecule has 0 spiro atoms. The van der Waals surface area contributed by atoms with E-state index >= 15 is 0 Å². The minimum absolute atomic E-state index is 0.116. The second-order valence-electron chi connectivity index (χ2n) is 6.28. The van der Waals surface area contributed by atoms with Gasteiger partial charge in [0.15, 0.2) is 5.13 Å². The molecule has 1 saturated carbocycles. The molecule has 0 radical (unpaired) electrons. The van der Waals surface area contributed by atoms with Crippen LogP contribution in [0, 0.1) is 25.7 Å². The molecule has 1 aliphatic rings. The van der Waals surface area contributed by atoms with Crippen molar-refractivity contribution in [2.24, 2.45) is 11.8 Å². The number of aryl methyl sites for hydroxylation is 1. The number of carbonyl (C=O) groups is 1. The number of anilines is 1. The molecule has 0 aromatic carbocycles. The number of carbonyl (C=O) groups excluding carboxylic acids is 1. The smallest absolute Gasteiger partial charge is 0.229 e. The van der Waals surface area contributed by atoms with Crippen LogP contribution in [0.2, 0.25) is 0 Å². The van der Waals surface area contributed by atoms with Crippen LogP contribution in [0.1, 0.15) is 38.1 Å². The first kappa shape index (κ1) is 15.3. The van der Waals surface area contributed by atoms with E-state index in [0.717, 1.165) is 25.1 Å². The number of hydrogen-bond acceptors (Lipinski definition) is 3. The summed E-state index contributed by atoms with van der Waals surface area (Å²) in [4.78, 5) is 16.6. The van der Waals surface area contributed by atoms with Gasteiger partial charge in [-0.1, -0.05) is 13.8 Å². The van der Waals surface area contributed by atoms with Crippen LogP contribution < -0.4 is 5.32 Å². The first-order valence-corrected chi connectivity index (χ1v) is 8.82. The fraction of sp³-hybridized carbons (Fsp3) is 0.529. The fourth-order valence-corrected chi connectivity index (χ4v) is 3.68. The minimum Gasteiger partial charge on any atom is -0.348 e. The standard InChI is InChI=1S/C17H23N3OS/c1-5-6-20-11(3)8-14(12(20)4)15-9-22-17(18-15)19-16(21)13-7-10(13)2/h8-10,13H,5-7H2,1-4H3,(H,18,19,21)/t10-,13+/m1/s1. The number of amides is 1. The van der Waals surface area contributed by atoms with E-state index < -0.39 is 0 Å². The van der Waals surface area contributed by atoms with Crippen molar-refractivity contribution in [3.63, 3.8) is 0 Å². The summed E-state index contributed by atoms with van der Waals surface area (Å²) >= 11 is 1.50. The van der Waals surface area contributed by atoms with E-state index in [1.807, 2.05) is 5.38 Å². The molecule has 118 valence electrons. The summed E-state index contributed by atoms with van der Waals surface area (Å²) in [5.74, 6) is 0.819. The molecule has 1 aliphatic carbocycles. The van der Waals surface area contributed by atoms with Crippen molar-refractivity contribution in [1.82, 2.24) is 9.55 Å². The van der Waals surface area contributed by atoms with Crippen LogP contribution in [-0.4, -0.2) is 15.5 Å². The molecular formula is C17H23N3OS. The van der Waals surface area contributed by atoms with Crippen LogP contribution in [0.25, 0.3) is 11.3 Å². The molecule has 1 amide bonds. The van der Waals surface area contributed by atoms with Gasteiger partial charge in [0.2, 0.25) is 5.91 Å². The summed E-state index contributed by atoms with van der Waals surface area (Å²) < 4.78 is 2.33. The Kier molecular flexibility index (Phi) is 4.08. The van der Waals surface area contributed by atoms with Crippen molar-refractivity contribution in [2.45, 2.75) is 47.1 Å². The molecule has 3 rings (SSSR count). The number of thiazole rings is 1. The second kappa shape index (κ2) is 5.88. The molecule has 0 aliphatic heterocycles. The van der Waals surface area contributed by atoms with E-state index in [0.29, 0.717) is 11.0 Å². The predicted molar refractivity (Wildman–Crippen MR) is 91.2 cm³/mol. The van der Waals surface area contributed by atoms with Gasteiger partial charge in [0, 0.05) is 34.8 Å². The average molecular weight is 317 g/mol. The number of hydrogen-bond donors (Lipinski definition) is 1. The van der Waals surface area contributed by atoms with Crippen molar-refractivity contribution in [2.75, 3.05) is 5.32 Å². The van der Waals surface area contributed by atoms with Gasteiger partial charge in [-0.15, -0.1) is 11.3 Å². The maximum Gasteiger partial charge on any atom is 0.229 e. The van der Waals surface area contributed by atoms with E-state index in [4.69, 9.17) is 0 Å². The molecule has 0 unspecified atom stereocenters. The maximum atomic E-state index is 12.0. The highest BCUT2D eigenvalue weighted by Crippen LogP contribution is 2.39. The Hall–Kier alpha value is -1.62. The molecule has 4 nitrogen and oxygen atoms in total. The molecule has 22 heavy (non-hydrogen) atoms. The van der Waals surface area contributed by atoms with Gasteiger partial charge in [-0.25, -0.2) is 4.98 Å². The van der Waals surface area contributed by atoms with E-state index in [1.165, 1.54) is 28.3 Å². The van der Waals surface area contributed by atoms with Crippen LogP contribution in [0.5, 0.6) is 0 Å². The van der Waals surface area contributed by atoms with Gasteiger partial charge in [-0.05, 0) is 38.7 Å². The Balaban J connectivity index is 1.79. The van der Waals surface area contributed by atoms with Crippen LogP contribution in [0.3, 0.4) is 0 Å². The first-order valence-electron chi connectivity index (χ1n) is 7.94. The molecule has 1 N–H and O–H groups in total. The van der Waals surface area contributed by atoms with Crippen LogP contribution in [0.15, 0.2) is 11.4 Å². The third-order valence-electron chi connectivity index (χ3n) is 4.48. The molecule has 2 aromatic rings. The quantitative estimate of drug-likeness (QED) is 0.897. The molecule has 5 heteroatoms. The van der Waals surface area contributed by atoms with Crippen molar-refractivity contribution in [1.29, 1.82) is 0 Å². The summed E-state index contributed by atoms with van der Waals surface area (Å²) in [5, 5.41) is 5.69. The Morgan fingerprint density at radius 2 is 2.23 bits per heavy atom. The van der Waals surface area contributed by atoms with Gasteiger partial charge >= 0.3 is 0 Å². The van der Waals surface area contributed by atoms with Gasteiger partial charge in [0.05, 0.1) is 5.69 Å². The van der Waals surface area contributed by atoms with Crippen LogP contribution in [-0.2, 0) is 11.3 Å². The lowest BCUT2D eigenvalue weighted by Crippen LogP contribution is -2.14. The third-order valence-corrected chi connectivity index (χ3v) is 5.24. The Bertz CT molecular complexity index is 701. The van der Waals surface area contributed by atoms with Gasteiger partial charge in [0.1, 0.15) is 0 Å². The topological polar surface area (TPSA) is 46.9 Å². The molecule has 0 saturated heterocycles. The van der Waals surface area contributed by atoms with E-state index in [-0.39, 0.29) is 11.8 Å². The van der Waals surface area contributed by atoms with Gasteiger partial charge in [-0.3, -0.25) is 4.79 Å². The number of nitrogens with one attached hydrogen (secondary N) is 1. The largest absolute Gasteiger partial charge is 0.348 e. The van der Waals surface area contributed by atoms with Crippen molar-refractivity contribution in [3.05, 3.63) is 22.8 Å². The number of aromatic nitrogens is 2. The molecule has 2 aromatic heterocycles. The van der Waals surface area contributed by atoms with Crippen molar-refractivity contribution < 1.29 is 4.79 Å². The highest BCUT2D eigenvalue weighted by atomic mass is 32.1. The normalized spacial score (nSPS) is 20.2. The Morgan fingerprint density at radius 1 is 1.50 bits per heavy atom. The molecule has 1 fully saturated rings. The lowest BCUT2D eigenvalue weighted by Gasteiger charge is -2.07. The average Bonchev–Trinajstić information content (AvgIpc) is 2.92. The number of nitrogens with zero attached hydrogens (tertiary/aromatic N) is 2. The zero-order valence-corrected chi connectivity index (χ0v) is 14.5. The highest BCUT2D eigenvalue weighted by molar-refractivity contribution is 7.14. The summed E-state index contributed by atoms with van der Waals surface area (Å²) in [5.41, 5.74) is 4.64. The van der Waals surface area contributed by atoms with E-state index in [2.05, 4.69) is 48.6 Å². The van der Waals surface area contributed by atoms with E-state index in [1.54, 1.807) is 0 Å². The summed E-state index contributed by atoms with van der Waals surface area (Å²) in [6.07, 6.45) is 2.12. The van der Waals surface area contributed by atoms with Crippen LogP contribution in [0.4, 0.5) is 5.13 Å². The SMILES string of the molecule is CCCn1c(C)cc(-c2csc(NC(=O)[C@H]3C[C@H]3C)n2)c1C. The van der Waals surface area contributed by atoms with E-state index in [9.17, 15) is 4.79 Å². The summed E-state index contributed by atoms with van der Waals surface area (Å²) in [6.45, 7) is 9.61. The lowest BCUT2D eigenvalue weighted by atomic mass is 10.2. The molecule has 2 atom stereocenters. The fourth-order valence-electron chi connectivity index (χ4n) is 2.97. The first-order chi connectivity index (χ1) is 10.5. The zero-order chi connectivity index (χ0) is 15.9. The third kappa shape index (κ3) is 2.82. The van der Waals surface area contributed by atoms with Gasteiger partial charge < -0.3 is 9.88 Å². The Labute approximate surface area is 135 Å². The lowest BCUT2D eigenvalue weighted by molar-refractivity contribution is -0.117. The minimum atomic E-state index is 0.116. The zero-order valence-electron chi connectivity index (χ0n) is 13.6. The summed E-state index contributed by atoms with van der Waals surface area (Å²) in [7, 11) is 0. The predicted octanol–water partition coefficient (Wildman–Crippen LogP) is 4.23. The summed E-state index contributed by atoms with van der Waals surface area (Å²) in [6, 6.07) is 2.19. The van der Waals surface area contributed by atoms with Crippen LogP contribution >= 0.6 is 11.3 Å². The monoisotopic (exact) mass is 317 g/mol. The van der Waals surface area contributed by atoms with Gasteiger partial charge in [0.25, 0.3) is 0 Å². The van der Waals surface area contributed by atoms with Gasteiger partial charge in [-0.2, -0.15) is 0 Å². The highest BCUT2D eigenvalue weighted by Gasteiger charge is 2.39. The Morgan fingerprint density at radius 3 is 2.86 bits per heavy atom. The molecular weight excluding hydrogens is 294 g/mol. The number of rotatable bonds is 5. The molecule has 0 bridgehead atoms.